The van der Waals surface area contributed by atoms with Crippen LogP contribution in [0.25, 0.3) is 0 Å². The Morgan fingerprint density at radius 1 is 1.15 bits per heavy atom. The summed E-state index contributed by atoms with van der Waals surface area (Å²) >= 11 is 12.2. The molecule has 2 rings (SSSR count). The van der Waals surface area contributed by atoms with Crippen LogP contribution in [0.3, 0.4) is 0 Å². The van der Waals surface area contributed by atoms with E-state index in [0.29, 0.717) is 11.6 Å². The van der Waals surface area contributed by atoms with E-state index >= 15 is 0 Å². The minimum atomic E-state index is -3.77. The van der Waals surface area contributed by atoms with E-state index in [2.05, 4.69) is 5.32 Å². The molecule has 0 aromatic heterocycles. The standard InChI is InChI=1S/C19H22Cl2N2O3S/c1-4-17(19(24)22-12-14-7-5-13(2)6-8-14)23(27(3,25)26)18-11-15(20)9-10-16(18)21/h5-11,17H,4,12H2,1-3H3,(H,22,24)/t17-/m1/s1. The number of anilines is 1. The molecule has 0 bridgehead atoms. The first-order valence-electron chi connectivity index (χ1n) is 8.41. The zero-order valence-corrected chi connectivity index (χ0v) is 17.7. The Kier molecular flexibility index (Phi) is 7.14. The smallest absolute Gasteiger partial charge is 0.244 e. The zero-order chi connectivity index (χ0) is 20.2. The second-order valence-corrected chi connectivity index (χ2v) is 8.99. The highest BCUT2D eigenvalue weighted by Crippen LogP contribution is 2.32. The van der Waals surface area contributed by atoms with Crippen LogP contribution in [-0.2, 0) is 21.4 Å². The second kappa shape index (κ2) is 8.95. The van der Waals surface area contributed by atoms with Gasteiger partial charge in [0.1, 0.15) is 6.04 Å². The maximum atomic E-state index is 12.8. The Morgan fingerprint density at radius 3 is 2.33 bits per heavy atom. The molecule has 0 unspecified atom stereocenters. The van der Waals surface area contributed by atoms with Crippen molar-refractivity contribution in [3.63, 3.8) is 0 Å². The monoisotopic (exact) mass is 428 g/mol. The van der Waals surface area contributed by atoms with Crippen LogP contribution in [0.1, 0.15) is 24.5 Å². The predicted molar refractivity (Wildman–Crippen MR) is 111 cm³/mol. The summed E-state index contributed by atoms with van der Waals surface area (Å²) in [7, 11) is -3.77. The highest BCUT2D eigenvalue weighted by molar-refractivity contribution is 7.92. The third-order valence-corrected chi connectivity index (χ3v) is 5.78. The summed E-state index contributed by atoms with van der Waals surface area (Å²) in [5, 5.41) is 3.34. The van der Waals surface area contributed by atoms with Gasteiger partial charge in [-0.1, -0.05) is 60.0 Å². The summed E-state index contributed by atoms with van der Waals surface area (Å²) in [4.78, 5) is 12.8. The van der Waals surface area contributed by atoms with Gasteiger partial charge < -0.3 is 5.32 Å². The molecule has 1 atom stereocenters. The topological polar surface area (TPSA) is 66.5 Å². The van der Waals surface area contributed by atoms with Gasteiger partial charge in [0, 0.05) is 11.6 Å². The van der Waals surface area contributed by atoms with Crippen LogP contribution in [0.4, 0.5) is 5.69 Å². The molecule has 0 aliphatic heterocycles. The van der Waals surface area contributed by atoms with Crippen LogP contribution < -0.4 is 9.62 Å². The largest absolute Gasteiger partial charge is 0.350 e. The van der Waals surface area contributed by atoms with Gasteiger partial charge in [-0.15, -0.1) is 0 Å². The van der Waals surface area contributed by atoms with Crippen molar-refractivity contribution >= 4 is 44.8 Å². The number of aryl methyl sites for hydroxylation is 1. The van der Waals surface area contributed by atoms with E-state index in [0.717, 1.165) is 21.7 Å². The quantitative estimate of drug-likeness (QED) is 0.719. The summed E-state index contributed by atoms with van der Waals surface area (Å²) in [6.07, 6.45) is 1.32. The number of nitrogens with one attached hydrogen (secondary N) is 1. The first-order chi connectivity index (χ1) is 12.6. The third-order valence-electron chi connectivity index (χ3n) is 4.06. The molecule has 5 nitrogen and oxygen atoms in total. The predicted octanol–water partition coefficient (Wildman–Crippen LogP) is 4.16. The summed E-state index contributed by atoms with van der Waals surface area (Å²) < 4.78 is 25.9. The average molecular weight is 429 g/mol. The van der Waals surface area contributed by atoms with Crippen molar-refractivity contribution in [2.24, 2.45) is 0 Å². The van der Waals surface area contributed by atoms with Crippen LogP contribution in [0.15, 0.2) is 42.5 Å². The first-order valence-corrected chi connectivity index (χ1v) is 11.0. The number of hydrogen-bond donors (Lipinski definition) is 1. The van der Waals surface area contributed by atoms with Crippen molar-refractivity contribution in [2.75, 3.05) is 10.6 Å². The minimum absolute atomic E-state index is 0.184. The molecule has 0 aliphatic rings. The normalized spacial score (nSPS) is 12.5. The van der Waals surface area contributed by atoms with E-state index in [1.54, 1.807) is 13.0 Å². The van der Waals surface area contributed by atoms with Crippen LogP contribution in [0.2, 0.25) is 10.0 Å². The Labute approximate surface area is 170 Å². The summed E-state index contributed by atoms with van der Waals surface area (Å²) in [5.74, 6) is -0.403. The van der Waals surface area contributed by atoms with Gasteiger partial charge in [0.2, 0.25) is 15.9 Å². The van der Waals surface area contributed by atoms with Gasteiger partial charge >= 0.3 is 0 Å². The van der Waals surface area contributed by atoms with E-state index in [1.807, 2.05) is 31.2 Å². The number of halogens is 2. The van der Waals surface area contributed by atoms with E-state index in [-0.39, 0.29) is 17.1 Å². The summed E-state index contributed by atoms with van der Waals surface area (Å²) in [6.45, 7) is 4.03. The molecule has 0 aliphatic carbocycles. The van der Waals surface area contributed by atoms with Crippen molar-refractivity contribution < 1.29 is 13.2 Å². The lowest BCUT2D eigenvalue weighted by molar-refractivity contribution is -0.122. The lowest BCUT2D eigenvalue weighted by Gasteiger charge is -2.30. The number of benzene rings is 2. The molecule has 2 aromatic carbocycles. The van der Waals surface area contributed by atoms with Gasteiger partial charge in [0.25, 0.3) is 0 Å². The number of rotatable bonds is 7. The van der Waals surface area contributed by atoms with Crippen molar-refractivity contribution in [3.8, 4) is 0 Å². The number of carbonyl (C=O) groups excluding carboxylic acids is 1. The van der Waals surface area contributed by atoms with Crippen molar-refractivity contribution in [2.45, 2.75) is 32.9 Å². The second-order valence-electron chi connectivity index (χ2n) is 6.28. The molecular formula is C19H22Cl2N2O3S. The van der Waals surface area contributed by atoms with E-state index in [4.69, 9.17) is 23.2 Å². The van der Waals surface area contributed by atoms with Gasteiger partial charge in [-0.3, -0.25) is 9.10 Å². The number of carbonyl (C=O) groups is 1. The van der Waals surface area contributed by atoms with Gasteiger partial charge in [-0.25, -0.2) is 8.42 Å². The molecule has 0 heterocycles. The van der Waals surface area contributed by atoms with Gasteiger partial charge in [0.05, 0.1) is 17.0 Å². The molecule has 0 fully saturated rings. The Balaban J connectivity index is 2.30. The molecule has 146 valence electrons. The van der Waals surface area contributed by atoms with E-state index in [1.165, 1.54) is 12.1 Å². The number of amides is 1. The van der Waals surface area contributed by atoms with Gasteiger partial charge in [0.15, 0.2) is 0 Å². The Hall–Kier alpha value is -1.76. The van der Waals surface area contributed by atoms with Crippen LogP contribution in [-0.4, -0.2) is 26.6 Å². The highest BCUT2D eigenvalue weighted by Gasteiger charge is 2.32. The van der Waals surface area contributed by atoms with Crippen molar-refractivity contribution in [1.82, 2.24) is 5.32 Å². The van der Waals surface area contributed by atoms with Crippen LogP contribution in [0.5, 0.6) is 0 Å². The number of hydrogen-bond acceptors (Lipinski definition) is 3. The van der Waals surface area contributed by atoms with Gasteiger partial charge in [-0.05, 0) is 37.1 Å². The lowest BCUT2D eigenvalue weighted by Crippen LogP contribution is -2.49. The highest BCUT2D eigenvalue weighted by atomic mass is 35.5. The molecule has 0 spiro atoms. The minimum Gasteiger partial charge on any atom is -0.350 e. The zero-order valence-electron chi connectivity index (χ0n) is 15.4. The molecule has 0 saturated carbocycles. The van der Waals surface area contributed by atoms with E-state index < -0.39 is 22.0 Å². The van der Waals surface area contributed by atoms with E-state index in [9.17, 15) is 13.2 Å². The van der Waals surface area contributed by atoms with Crippen molar-refractivity contribution in [1.29, 1.82) is 0 Å². The van der Waals surface area contributed by atoms with Crippen LogP contribution in [0, 0.1) is 6.92 Å². The molecule has 27 heavy (non-hydrogen) atoms. The SMILES string of the molecule is CC[C@H](C(=O)NCc1ccc(C)cc1)N(c1cc(Cl)ccc1Cl)S(C)(=O)=O. The third kappa shape index (κ3) is 5.61. The average Bonchev–Trinajstić information content (AvgIpc) is 2.60. The fourth-order valence-electron chi connectivity index (χ4n) is 2.70. The fourth-order valence-corrected chi connectivity index (χ4v) is 4.34. The maximum absolute atomic E-state index is 12.8. The number of nitrogens with zero attached hydrogens (tertiary/aromatic N) is 1. The molecule has 2 aromatic rings. The molecule has 1 N–H and O–H groups in total. The molecule has 0 saturated heterocycles. The lowest BCUT2D eigenvalue weighted by atomic mass is 10.1. The molecule has 1 amide bonds. The Morgan fingerprint density at radius 2 is 1.78 bits per heavy atom. The van der Waals surface area contributed by atoms with Gasteiger partial charge in [-0.2, -0.15) is 0 Å². The molecule has 8 heteroatoms. The molecular weight excluding hydrogens is 407 g/mol. The summed E-state index contributed by atoms with van der Waals surface area (Å²) in [5.41, 5.74) is 2.23. The number of sulfonamides is 1. The Bertz CT molecular complexity index is 915. The first kappa shape index (κ1) is 21.5. The summed E-state index contributed by atoms with van der Waals surface area (Å²) in [6, 6.07) is 11.3. The van der Waals surface area contributed by atoms with Crippen LogP contribution >= 0.6 is 23.2 Å². The fraction of sp³-hybridized carbons (Fsp3) is 0.316. The maximum Gasteiger partial charge on any atom is 0.244 e. The van der Waals surface area contributed by atoms with Crippen molar-refractivity contribution in [3.05, 3.63) is 63.6 Å². The molecule has 0 radical (unpaired) electrons.